The number of ether oxygens (including phenoxy) is 1. The van der Waals surface area contributed by atoms with E-state index >= 15 is 0 Å². The second-order valence-electron chi connectivity index (χ2n) is 8.29. The van der Waals surface area contributed by atoms with Gasteiger partial charge >= 0.3 is 0 Å². The van der Waals surface area contributed by atoms with Gasteiger partial charge in [-0.15, -0.1) is 0 Å². The van der Waals surface area contributed by atoms with Gasteiger partial charge in [-0.25, -0.2) is 4.98 Å². The molecule has 1 aliphatic rings. The molecule has 3 rings (SSSR count). The summed E-state index contributed by atoms with van der Waals surface area (Å²) >= 11 is 1.52. The number of hydrogen-bond acceptors (Lipinski definition) is 5. The second-order valence-corrected chi connectivity index (χ2v) is 9.23. The zero-order valence-electron chi connectivity index (χ0n) is 18.6. The summed E-state index contributed by atoms with van der Waals surface area (Å²) in [5, 5.41) is 4.02. The number of aryl methyl sites for hydroxylation is 1. The number of amides is 1. The summed E-state index contributed by atoms with van der Waals surface area (Å²) in [5.74, 6) is 0.948. The predicted molar refractivity (Wildman–Crippen MR) is 122 cm³/mol. The summed E-state index contributed by atoms with van der Waals surface area (Å²) in [5.41, 5.74) is 4.67. The number of rotatable bonds is 9. The number of aromatic nitrogens is 2. The van der Waals surface area contributed by atoms with Crippen LogP contribution in [0.25, 0.3) is 0 Å². The van der Waals surface area contributed by atoms with Crippen molar-refractivity contribution in [2.75, 3.05) is 32.1 Å². The van der Waals surface area contributed by atoms with Crippen molar-refractivity contribution in [1.29, 1.82) is 0 Å². The Morgan fingerprint density at radius 3 is 2.60 bits per heavy atom. The molecule has 0 atom stereocenters. The van der Waals surface area contributed by atoms with Gasteiger partial charge in [0.25, 0.3) is 0 Å². The smallest absolute Gasteiger partial charge is 0.230 e. The maximum absolute atomic E-state index is 12.5. The van der Waals surface area contributed by atoms with Crippen LogP contribution in [0.3, 0.4) is 0 Å². The van der Waals surface area contributed by atoms with Crippen molar-refractivity contribution >= 4 is 17.7 Å². The zero-order valence-corrected chi connectivity index (χ0v) is 19.4. The number of nitrogens with zero attached hydrogens (tertiary/aromatic N) is 3. The van der Waals surface area contributed by atoms with Crippen LogP contribution >= 0.6 is 11.8 Å². The maximum Gasteiger partial charge on any atom is 0.230 e. The number of carbonyl (C=O) groups excluding carboxylic acids is 1. The van der Waals surface area contributed by atoms with Crippen molar-refractivity contribution in [1.82, 2.24) is 19.8 Å². The van der Waals surface area contributed by atoms with Crippen LogP contribution in [-0.4, -0.2) is 52.4 Å². The van der Waals surface area contributed by atoms with E-state index in [0.29, 0.717) is 18.2 Å². The van der Waals surface area contributed by atoms with Crippen LogP contribution in [0.1, 0.15) is 36.4 Å². The quantitative estimate of drug-likeness (QED) is 0.618. The minimum atomic E-state index is 0.0376. The summed E-state index contributed by atoms with van der Waals surface area (Å²) < 4.78 is 7.67. The van der Waals surface area contributed by atoms with E-state index in [-0.39, 0.29) is 5.91 Å². The van der Waals surface area contributed by atoms with Gasteiger partial charge in [0.2, 0.25) is 5.91 Å². The van der Waals surface area contributed by atoms with Crippen molar-refractivity contribution in [2.45, 2.75) is 52.5 Å². The molecular weight excluding hydrogens is 396 g/mol. The first-order valence-electron chi connectivity index (χ1n) is 10.7. The summed E-state index contributed by atoms with van der Waals surface area (Å²) in [6, 6.07) is 8.36. The Labute approximate surface area is 184 Å². The fourth-order valence-corrected chi connectivity index (χ4v) is 4.50. The van der Waals surface area contributed by atoms with E-state index < -0.39 is 0 Å². The van der Waals surface area contributed by atoms with Crippen LogP contribution < -0.4 is 5.32 Å². The molecule has 30 heavy (non-hydrogen) atoms. The number of hydrogen-bond donors (Lipinski definition) is 1. The van der Waals surface area contributed by atoms with Gasteiger partial charge in [-0.05, 0) is 30.9 Å². The lowest BCUT2D eigenvalue weighted by Gasteiger charge is -2.27. The van der Waals surface area contributed by atoms with E-state index in [9.17, 15) is 4.79 Å². The largest absolute Gasteiger partial charge is 0.379 e. The van der Waals surface area contributed by atoms with E-state index in [4.69, 9.17) is 4.74 Å². The average Bonchev–Trinajstić information content (AvgIpc) is 2.99. The van der Waals surface area contributed by atoms with Crippen molar-refractivity contribution in [2.24, 2.45) is 5.92 Å². The van der Waals surface area contributed by atoms with Gasteiger partial charge in [0.15, 0.2) is 5.16 Å². The van der Waals surface area contributed by atoms with Crippen LogP contribution in [-0.2, 0) is 29.2 Å². The topological polar surface area (TPSA) is 59.4 Å². The van der Waals surface area contributed by atoms with Crippen molar-refractivity contribution in [3.63, 3.8) is 0 Å². The highest BCUT2D eigenvalue weighted by atomic mass is 32.2. The minimum absolute atomic E-state index is 0.0376. The SMILES string of the molecule is Cc1nc(SCC(=O)NCc2ccccc2CN2CCOCC2)n(CC(C)C)c1C. The lowest BCUT2D eigenvalue weighted by Crippen LogP contribution is -2.36. The molecule has 1 fully saturated rings. The molecule has 1 amide bonds. The highest BCUT2D eigenvalue weighted by molar-refractivity contribution is 7.99. The average molecular weight is 431 g/mol. The Morgan fingerprint density at radius 1 is 1.20 bits per heavy atom. The Morgan fingerprint density at radius 2 is 1.90 bits per heavy atom. The molecule has 2 heterocycles. The number of imidazole rings is 1. The van der Waals surface area contributed by atoms with Crippen LogP contribution in [0.4, 0.5) is 0 Å². The van der Waals surface area contributed by atoms with Crippen LogP contribution in [0.2, 0.25) is 0 Å². The predicted octanol–water partition coefficient (Wildman–Crippen LogP) is 3.40. The highest BCUT2D eigenvalue weighted by Crippen LogP contribution is 2.22. The summed E-state index contributed by atoms with van der Waals surface area (Å²) in [6.45, 7) is 14.4. The molecule has 1 aromatic carbocycles. The summed E-state index contributed by atoms with van der Waals surface area (Å²) in [4.78, 5) is 19.6. The van der Waals surface area contributed by atoms with Gasteiger partial charge in [0, 0.05) is 38.4 Å². The van der Waals surface area contributed by atoms with Gasteiger partial charge in [0.1, 0.15) is 0 Å². The van der Waals surface area contributed by atoms with E-state index in [1.54, 1.807) is 0 Å². The number of morpholine rings is 1. The first kappa shape index (κ1) is 22.8. The Kier molecular flexibility index (Phi) is 8.36. The Bertz CT molecular complexity index is 844. The van der Waals surface area contributed by atoms with Crippen molar-refractivity contribution in [3.8, 4) is 0 Å². The molecule has 0 bridgehead atoms. The molecule has 2 aromatic rings. The molecule has 0 unspecified atom stereocenters. The number of benzene rings is 1. The normalized spacial score (nSPS) is 15.0. The molecule has 1 N–H and O–H groups in total. The third-order valence-electron chi connectivity index (χ3n) is 5.39. The van der Waals surface area contributed by atoms with Gasteiger partial charge in [-0.2, -0.15) is 0 Å². The van der Waals surface area contributed by atoms with Gasteiger partial charge in [0.05, 0.1) is 24.7 Å². The molecule has 1 saturated heterocycles. The van der Waals surface area contributed by atoms with E-state index in [1.165, 1.54) is 28.6 Å². The molecule has 0 radical (unpaired) electrons. The molecule has 7 heteroatoms. The van der Waals surface area contributed by atoms with Crippen LogP contribution in [0.5, 0.6) is 0 Å². The van der Waals surface area contributed by atoms with Gasteiger partial charge in [-0.3, -0.25) is 9.69 Å². The van der Waals surface area contributed by atoms with E-state index in [2.05, 4.69) is 58.7 Å². The Balaban J connectivity index is 1.54. The lowest BCUT2D eigenvalue weighted by molar-refractivity contribution is -0.118. The van der Waals surface area contributed by atoms with Crippen molar-refractivity contribution in [3.05, 3.63) is 46.8 Å². The first-order chi connectivity index (χ1) is 14.4. The third kappa shape index (κ3) is 6.33. The lowest BCUT2D eigenvalue weighted by atomic mass is 10.1. The van der Waals surface area contributed by atoms with E-state index in [0.717, 1.165) is 50.2 Å². The molecule has 0 saturated carbocycles. The summed E-state index contributed by atoms with van der Waals surface area (Å²) in [7, 11) is 0. The molecular formula is C23H34N4O2S. The molecule has 1 aromatic heterocycles. The monoisotopic (exact) mass is 430 g/mol. The van der Waals surface area contributed by atoms with E-state index in [1.807, 2.05) is 13.0 Å². The minimum Gasteiger partial charge on any atom is -0.379 e. The fraction of sp³-hybridized carbons (Fsp3) is 0.565. The highest BCUT2D eigenvalue weighted by Gasteiger charge is 2.15. The number of carbonyl (C=O) groups is 1. The number of thioether (sulfide) groups is 1. The second kappa shape index (κ2) is 11.0. The molecule has 1 aliphatic heterocycles. The number of nitrogens with one attached hydrogen (secondary N) is 1. The summed E-state index contributed by atoms with van der Waals surface area (Å²) in [6.07, 6.45) is 0. The zero-order chi connectivity index (χ0) is 21.5. The molecule has 164 valence electrons. The van der Waals surface area contributed by atoms with Crippen LogP contribution in [0, 0.1) is 19.8 Å². The van der Waals surface area contributed by atoms with Gasteiger partial charge in [-0.1, -0.05) is 49.9 Å². The maximum atomic E-state index is 12.5. The molecule has 6 nitrogen and oxygen atoms in total. The Hall–Kier alpha value is -1.83. The first-order valence-corrected chi connectivity index (χ1v) is 11.7. The van der Waals surface area contributed by atoms with Crippen molar-refractivity contribution < 1.29 is 9.53 Å². The molecule has 0 spiro atoms. The third-order valence-corrected chi connectivity index (χ3v) is 6.37. The van der Waals surface area contributed by atoms with Crippen LogP contribution in [0.15, 0.2) is 29.4 Å². The molecule has 0 aliphatic carbocycles. The van der Waals surface area contributed by atoms with Gasteiger partial charge < -0.3 is 14.6 Å². The standard InChI is InChI=1S/C23H34N4O2S/c1-17(2)14-27-19(4)18(3)25-23(27)30-16-22(28)24-13-20-7-5-6-8-21(20)15-26-9-11-29-12-10-26/h5-8,17H,9-16H2,1-4H3,(H,24,28). The fourth-order valence-electron chi connectivity index (χ4n) is 3.57.